The lowest BCUT2D eigenvalue weighted by Crippen LogP contribution is -3.12. The van der Waals surface area contributed by atoms with Crippen molar-refractivity contribution in [2.75, 3.05) is 13.1 Å². The SMILES string of the molecule is O=C(NC[C@H](c1ccco1)[NH+]1CCc2ccccc2C1)c1cc(Cl)ccc1Cl. The second-order valence-corrected chi connectivity index (χ2v) is 7.85. The van der Waals surface area contributed by atoms with Gasteiger partial charge in [0.05, 0.1) is 29.9 Å². The first kappa shape index (κ1) is 19.1. The van der Waals surface area contributed by atoms with Gasteiger partial charge in [0.15, 0.2) is 11.8 Å². The fourth-order valence-corrected chi connectivity index (χ4v) is 4.17. The molecule has 0 saturated heterocycles. The van der Waals surface area contributed by atoms with E-state index in [1.54, 1.807) is 24.5 Å². The van der Waals surface area contributed by atoms with Crippen LogP contribution in [0.15, 0.2) is 65.3 Å². The van der Waals surface area contributed by atoms with E-state index in [0.717, 1.165) is 25.3 Å². The van der Waals surface area contributed by atoms with Gasteiger partial charge in [0.25, 0.3) is 5.91 Å². The largest absolute Gasteiger partial charge is 0.463 e. The summed E-state index contributed by atoms with van der Waals surface area (Å²) in [5, 5.41) is 3.88. The minimum absolute atomic E-state index is 0.0188. The Morgan fingerprint density at radius 1 is 1.11 bits per heavy atom. The summed E-state index contributed by atoms with van der Waals surface area (Å²) in [5.41, 5.74) is 3.13. The quantitative estimate of drug-likeness (QED) is 0.667. The van der Waals surface area contributed by atoms with Gasteiger partial charge in [-0.3, -0.25) is 4.79 Å². The first-order chi connectivity index (χ1) is 13.6. The highest BCUT2D eigenvalue weighted by molar-refractivity contribution is 6.35. The number of fused-ring (bicyclic) bond motifs is 1. The lowest BCUT2D eigenvalue weighted by molar-refractivity contribution is -0.946. The lowest BCUT2D eigenvalue weighted by atomic mass is 9.98. The molecule has 4 nitrogen and oxygen atoms in total. The Morgan fingerprint density at radius 3 is 2.71 bits per heavy atom. The fourth-order valence-electron chi connectivity index (χ4n) is 3.80. The van der Waals surface area contributed by atoms with Crippen LogP contribution < -0.4 is 10.2 Å². The number of rotatable bonds is 5. The van der Waals surface area contributed by atoms with Crippen molar-refractivity contribution in [3.05, 3.63) is 93.4 Å². The Bertz CT molecular complexity index is 972. The number of halogens is 2. The van der Waals surface area contributed by atoms with Crippen molar-refractivity contribution >= 4 is 29.1 Å². The summed E-state index contributed by atoms with van der Waals surface area (Å²) in [6.45, 7) is 2.33. The Hall–Kier alpha value is -2.27. The van der Waals surface area contributed by atoms with Crippen molar-refractivity contribution in [2.45, 2.75) is 19.0 Å². The minimum atomic E-state index is -0.235. The van der Waals surface area contributed by atoms with E-state index in [0.29, 0.717) is 22.2 Å². The van der Waals surface area contributed by atoms with Gasteiger partial charge in [0.2, 0.25) is 0 Å². The number of furan rings is 1. The van der Waals surface area contributed by atoms with Crippen LogP contribution in [0.1, 0.15) is 33.3 Å². The molecule has 28 heavy (non-hydrogen) atoms. The molecule has 1 aliphatic rings. The van der Waals surface area contributed by atoms with Gasteiger partial charge in [-0.25, -0.2) is 0 Å². The number of amides is 1. The van der Waals surface area contributed by atoms with Crippen LogP contribution in [0.2, 0.25) is 10.0 Å². The topological polar surface area (TPSA) is 46.7 Å². The summed E-state index contributed by atoms with van der Waals surface area (Å²) >= 11 is 12.2. The molecule has 0 spiro atoms. The van der Waals surface area contributed by atoms with E-state index in [9.17, 15) is 4.79 Å². The summed E-state index contributed by atoms with van der Waals surface area (Å²) in [7, 11) is 0. The van der Waals surface area contributed by atoms with Crippen LogP contribution in [0, 0.1) is 0 Å². The highest BCUT2D eigenvalue weighted by atomic mass is 35.5. The number of quaternary nitrogens is 1. The molecular weight excluding hydrogens is 395 g/mol. The molecule has 3 aromatic rings. The maximum absolute atomic E-state index is 12.7. The van der Waals surface area contributed by atoms with E-state index in [4.69, 9.17) is 27.6 Å². The number of hydrogen-bond acceptors (Lipinski definition) is 2. The molecule has 1 aliphatic heterocycles. The van der Waals surface area contributed by atoms with Gasteiger partial charge in [0.1, 0.15) is 6.54 Å². The first-order valence-corrected chi connectivity index (χ1v) is 10.1. The van der Waals surface area contributed by atoms with E-state index in [1.165, 1.54) is 16.0 Å². The average Bonchev–Trinajstić information content (AvgIpc) is 3.24. The number of carbonyl (C=O) groups is 1. The lowest BCUT2D eigenvalue weighted by Gasteiger charge is -2.31. The van der Waals surface area contributed by atoms with Crippen molar-refractivity contribution in [3.63, 3.8) is 0 Å². The number of benzene rings is 2. The number of nitrogens with one attached hydrogen (secondary N) is 2. The Kier molecular flexibility index (Phi) is 5.72. The van der Waals surface area contributed by atoms with Gasteiger partial charge in [-0.05, 0) is 35.9 Å². The van der Waals surface area contributed by atoms with Crippen LogP contribution in [0.5, 0.6) is 0 Å². The Labute approximate surface area is 174 Å². The third-order valence-electron chi connectivity index (χ3n) is 5.27. The smallest absolute Gasteiger partial charge is 0.253 e. The second-order valence-electron chi connectivity index (χ2n) is 7.01. The average molecular weight is 416 g/mol. The molecule has 4 rings (SSSR count). The van der Waals surface area contributed by atoms with E-state index < -0.39 is 0 Å². The normalized spacial score (nSPS) is 17.0. The maximum Gasteiger partial charge on any atom is 0.253 e. The third-order valence-corrected chi connectivity index (χ3v) is 5.84. The van der Waals surface area contributed by atoms with Gasteiger partial charge >= 0.3 is 0 Å². The summed E-state index contributed by atoms with van der Waals surface area (Å²) in [6, 6.07) is 17.3. The Balaban J connectivity index is 1.52. The molecule has 2 aromatic carbocycles. The minimum Gasteiger partial charge on any atom is -0.463 e. The molecule has 144 valence electrons. The van der Waals surface area contributed by atoms with Crippen molar-refractivity contribution in [2.24, 2.45) is 0 Å². The van der Waals surface area contributed by atoms with Crippen LogP contribution >= 0.6 is 23.2 Å². The van der Waals surface area contributed by atoms with Crippen molar-refractivity contribution in [1.29, 1.82) is 0 Å². The monoisotopic (exact) mass is 415 g/mol. The summed E-state index contributed by atoms with van der Waals surface area (Å²) < 4.78 is 5.70. The van der Waals surface area contributed by atoms with Crippen LogP contribution in [0.25, 0.3) is 0 Å². The summed E-state index contributed by atoms with van der Waals surface area (Å²) in [6.07, 6.45) is 2.69. The van der Waals surface area contributed by atoms with Gasteiger partial charge < -0.3 is 14.6 Å². The summed E-state index contributed by atoms with van der Waals surface area (Å²) in [4.78, 5) is 14.0. The van der Waals surface area contributed by atoms with Crippen LogP contribution in [-0.2, 0) is 13.0 Å². The third kappa shape index (κ3) is 4.09. The predicted octanol–water partition coefficient (Wildman–Crippen LogP) is 3.70. The molecule has 0 bridgehead atoms. The molecule has 2 heterocycles. The molecule has 1 aromatic heterocycles. The molecule has 0 radical (unpaired) electrons. The second kappa shape index (κ2) is 8.39. The van der Waals surface area contributed by atoms with Gasteiger partial charge in [-0.2, -0.15) is 0 Å². The van der Waals surface area contributed by atoms with Crippen LogP contribution in [0.3, 0.4) is 0 Å². The molecular formula is C22H21Cl2N2O2+. The standard InChI is InChI=1S/C22H20Cl2N2O2/c23-17-7-8-19(24)18(12-17)22(27)25-13-20(21-6-3-11-28-21)26-10-9-15-4-1-2-5-16(15)14-26/h1-8,11-12,20H,9-10,13-14H2,(H,25,27)/p+1/t20-/m1/s1. The molecule has 6 heteroatoms. The van der Waals surface area contributed by atoms with Crippen molar-refractivity contribution in [1.82, 2.24) is 5.32 Å². The van der Waals surface area contributed by atoms with Crippen molar-refractivity contribution < 1.29 is 14.1 Å². The zero-order valence-electron chi connectivity index (χ0n) is 15.3. The van der Waals surface area contributed by atoms with Gasteiger partial charge in [-0.1, -0.05) is 47.5 Å². The number of hydrogen-bond donors (Lipinski definition) is 2. The zero-order chi connectivity index (χ0) is 19.5. The maximum atomic E-state index is 12.7. The number of carbonyl (C=O) groups excluding carboxylic acids is 1. The molecule has 0 aliphatic carbocycles. The highest BCUT2D eigenvalue weighted by Crippen LogP contribution is 2.21. The first-order valence-electron chi connectivity index (χ1n) is 9.30. The highest BCUT2D eigenvalue weighted by Gasteiger charge is 2.30. The zero-order valence-corrected chi connectivity index (χ0v) is 16.8. The van der Waals surface area contributed by atoms with Gasteiger partial charge in [-0.15, -0.1) is 0 Å². The van der Waals surface area contributed by atoms with E-state index >= 15 is 0 Å². The molecule has 1 unspecified atom stereocenters. The predicted molar refractivity (Wildman–Crippen MR) is 110 cm³/mol. The molecule has 1 amide bonds. The fraction of sp³-hybridized carbons (Fsp3) is 0.227. The Morgan fingerprint density at radius 2 is 1.93 bits per heavy atom. The van der Waals surface area contributed by atoms with Gasteiger partial charge in [0, 0.05) is 17.0 Å². The molecule has 0 saturated carbocycles. The molecule has 0 fully saturated rings. The van der Waals surface area contributed by atoms with Crippen molar-refractivity contribution in [3.8, 4) is 0 Å². The van der Waals surface area contributed by atoms with Crippen LogP contribution in [0.4, 0.5) is 0 Å². The summed E-state index contributed by atoms with van der Waals surface area (Å²) in [5.74, 6) is 0.632. The van der Waals surface area contributed by atoms with E-state index in [-0.39, 0.29) is 11.9 Å². The van der Waals surface area contributed by atoms with E-state index in [1.807, 2.05) is 12.1 Å². The van der Waals surface area contributed by atoms with E-state index in [2.05, 4.69) is 29.6 Å². The van der Waals surface area contributed by atoms with Crippen LogP contribution in [-0.4, -0.2) is 19.0 Å². The molecule has 2 atom stereocenters. The molecule has 2 N–H and O–H groups in total.